The first-order valence-electron chi connectivity index (χ1n) is 9.94. The number of nitrogens with one attached hydrogen (secondary N) is 1. The van der Waals surface area contributed by atoms with Gasteiger partial charge in [0.15, 0.2) is 0 Å². The van der Waals surface area contributed by atoms with Crippen LogP contribution in [0.25, 0.3) is 5.88 Å². The van der Waals surface area contributed by atoms with E-state index in [2.05, 4.69) is 5.32 Å². The van der Waals surface area contributed by atoms with Gasteiger partial charge >= 0.3 is 0 Å². The molecule has 0 saturated carbocycles. The van der Waals surface area contributed by atoms with Gasteiger partial charge in [-0.25, -0.2) is 8.42 Å². The molecule has 0 aliphatic carbocycles. The molecule has 9 nitrogen and oxygen atoms in total. The summed E-state index contributed by atoms with van der Waals surface area (Å²) in [5.74, 6) is 0.151. The van der Waals surface area contributed by atoms with Crippen LogP contribution in [-0.2, 0) is 10.0 Å². The second kappa shape index (κ2) is 9.30. The second-order valence-corrected chi connectivity index (χ2v) is 8.76. The SMILES string of the molecule is CCN(CC)S(=O)(=O)c1ccc(OC)c(NC(=O)c2c(C)oc(-n3cccc3)c2C#N)c1. The average molecular weight is 457 g/mol. The average Bonchev–Trinajstić information content (AvgIpc) is 3.41. The molecule has 0 unspecified atom stereocenters. The smallest absolute Gasteiger partial charge is 0.260 e. The first kappa shape index (κ1) is 23.1. The highest BCUT2D eigenvalue weighted by Crippen LogP contribution is 2.31. The van der Waals surface area contributed by atoms with Gasteiger partial charge < -0.3 is 14.5 Å². The number of aromatic nitrogens is 1. The van der Waals surface area contributed by atoms with Gasteiger partial charge in [-0.2, -0.15) is 9.57 Å². The molecule has 3 rings (SSSR count). The summed E-state index contributed by atoms with van der Waals surface area (Å²) in [5.41, 5.74) is 0.301. The molecule has 0 bridgehead atoms. The summed E-state index contributed by atoms with van der Waals surface area (Å²) in [6.45, 7) is 5.71. The van der Waals surface area contributed by atoms with Gasteiger partial charge in [0.1, 0.15) is 28.7 Å². The quantitative estimate of drug-likeness (QED) is 0.554. The third-order valence-electron chi connectivity index (χ3n) is 5.01. The molecule has 0 radical (unpaired) electrons. The second-order valence-electron chi connectivity index (χ2n) is 6.82. The summed E-state index contributed by atoms with van der Waals surface area (Å²) in [5, 5.41) is 12.4. The highest BCUT2D eigenvalue weighted by atomic mass is 32.2. The maximum absolute atomic E-state index is 13.1. The van der Waals surface area contributed by atoms with Crippen LogP contribution in [0, 0.1) is 18.3 Å². The van der Waals surface area contributed by atoms with Crippen LogP contribution in [-0.4, -0.2) is 43.4 Å². The first-order chi connectivity index (χ1) is 15.3. The van der Waals surface area contributed by atoms with Gasteiger partial charge in [0.05, 0.1) is 17.7 Å². The topological polar surface area (TPSA) is 118 Å². The Balaban J connectivity index is 2.03. The van der Waals surface area contributed by atoms with Crippen molar-refractivity contribution in [2.75, 3.05) is 25.5 Å². The zero-order valence-corrected chi connectivity index (χ0v) is 19.1. The number of hydrogen-bond acceptors (Lipinski definition) is 6. The van der Waals surface area contributed by atoms with Crippen molar-refractivity contribution in [3.63, 3.8) is 0 Å². The molecule has 0 aliphatic heterocycles. The lowest BCUT2D eigenvalue weighted by Crippen LogP contribution is -2.30. The summed E-state index contributed by atoms with van der Waals surface area (Å²) < 4.78 is 39.7. The summed E-state index contributed by atoms with van der Waals surface area (Å²) >= 11 is 0. The van der Waals surface area contributed by atoms with Crippen molar-refractivity contribution in [1.29, 1.82) is 5.26 Å². The molecule has 0 atom stereocenters. The lowest BCUT2D eigenvalue weighted by Gasteiger charge is -2.19. The number of methoxy groups -OCH3 is 1. The van der Waals surface area contributed by atoms with Gasteiger partial charge in [-0.15, -0.1) is 0 Å². The van der Waals surface area contributed by atoms with Crippen molar-refractivity contribution in [3.8, 4) is 17.7 Å². The van der Waals surface area contributed by atoms with Gasteiger partial charge in [-0.3, -0.25) is 9.36 Å². The first-order valence-corrected chi connectivity index (χ1v) is 11.4. The minimum Gasteiger partial charge on any atom is -0.495 e. The summed E-state index contributed by atoms with van der Waals surface area (Å²) in [4.78, 5) is 13.1. The molecule has 0 spiro atoms. The molecule has 168 valence electrons. The molecule has 1 N–H and O–H groups in total. The van der Waals surface area contributed by atoms with Crippen LogP contribution in [0.2, 0.25) is 0 Å². The van der Waals surface area contributed by atoms with E-state index >= 15 is 0 Å². The molecule has 32 heavy (non-hydrogen) atoms. The number of nitriles is 1. The Labute approximate surface area is 186 Å². The molecule has 0 fully saturated rings. The third-order valence-corrected chi connectivity index (χ3v) is 7.05. The number of benzene rings is 1. The number of aryl methyl sites for hydroxylation is 1. The number of amides is 1. The van der Waals surface area contributed by atoms with Crippen LogP contribution in [0.4, 0.5) is 5.69 Å². The highest BCUT2D eigenvalue weighted by molar-refractivity contribution is 7.89. The Hall–Kier alpha value is -3.55. The van der Waals surface area contributed by atoms with Gasteiger partial charge in [0, 0.05) is 25.5 Å². The maximum atomic E-state index is 13.1. The summed E-state index contributed by atoms with van der Waals surface area (Å²) in [6.07, 6.45) is 3.40. The predicted octanol–water partition coefficient (Wildman–Crippen LogP) is 3.54. The monoisotopic (exact) mass is 456 g/mol. The Morgan fingerprint density at radius 3 is 2.47 bits per heavy atom. The Morgan fingerprint density at radius 1 is 1.25 bits per heavy atom. The van der Waals surface area contributed by atoms with Gasteiger partial charge in [0.2, 0.25) is 15.9 Å². The van der Waals surface area contributed by atoms with Crippen LogP contribution in [0.3, 0.4) is 0 Å². The van der Waals surface area contributed by atoms with E-state index < -0.39 is 15.9 Å². The Bertz CT molecular complexity index is 1270. The fourth-order valence-electron chi connectivity index (χ4n) is 3.40. The van der Waals surface area contributed by atoms with E-state index in [-0.39, 0.29) is 39.1 Å². The zero-order valence-electron chi connectivity index (χ0n) is 18.2. The normalized spacial score (nSPS) is 11.4. The summed E-state index contributed by atoms with van der Waals surface area (Å²) in [7, 11) is -2.33. The van der Waals surface area contributed by atoms with Gasteiger partial charge in [-0.1, -0.05) is 13.8 Å². The number of hydrogen-bond donors (Lipinski definition) is 1. The molecule has 1 aromatic carbocycles. The molecule has 3 aromatic rings. The molecule has 10 heteroatoms. The van der Waals surface area contributed by atoms with Crippen molar-refractivity contribution >= 4 is 21.6 Å². The number of furan rings is 1. The van der Waals surface area contributed by atoms with Crippen LogP contribution >= 0.6 is 0 Å². The maximum Gasteiger partial charge on any atom is 0.260 e. The lowest BCUT2D eigenvalue weighted by molar-refractivity contribution is 0.102. The van der Waals surface area contributed by atoms with Crippen LogP contribution in [0.5, 0.6) is 5.75 Å². The standard InChI is InChI=1S/C22H24N4O5S/c1-5-26(6-2)32(28,29)16-9-10-19(30-4)18(13-16)24-21(27)20-15(3)31-22(17(20)14-23)25-11-7-8-12-25/h7-13H,5-6H2,1-4H3,(H,24,27). The fraction of sp³-hybridized carbons (Fsp3) is 0.273. The predicted molar refractivity (Wildman–Crippen MR) is 119 cm³/mol. The van der Waals surface area contributed by atoms with E-state index in [0.717, 1.165) is 0 Å². The number of sulfonamides is 1. The van der Waals surface area contributed by atoms with Crippen molar-refractivity contribution in [1.82, 2.24) is 8.87 Å². The number of rotatable bonds is 8. The highest BCUT2D eigenvalue weighted by Gasteiger charge is 2.27. The van der Waals surface area contributed by atoms with Gasteiger partial charge in [-0.05, 0) is 37.3 Å². The minimum atomic E-state index is -3.74. The number of ether oxygens (including phenoxy) is 1. The van der Waals surface area contributed by atoms with E-state index in [9.17, 15) is 18.5 Å². The van der Waals surface area contributed by atoms with E-state index in [0.29, 0.717) is 13.1 Å². The van der Waals surface area contributed by atoms with Crippen molar-refractivity contribution in [2.24, 2.45) is 0 Å². The van der Waals surface area contributed by atoms with E-state index in [1.165, 1.54) is 29.6 Å². The molecular weight excluding hydrogens is 432 g/mol. The fourth-order valence-corrected chi connectivity index (χ4v) is 4.89. The molecule has 0 saturated heterocycles. The van der Waals surface area contributed by atoms with Crippen molar-refractivity contribution in [2.45, 2.75) is 25.7 Å². The zero-order chi connectivity index (χ0) is 23.5. The molecule has 0 aliphatic rings. The largest absolute Gasteiger partial charge is 0.495 e. The number of nitrogens with zero attached hydrogens (tertiary/aromatic N) is 3. The molecular formula is C22H24N4O5S. The van der Waals surface area contributed by atoms with Crippen LogP contribution < -0.4 is 10.1 Å². The lowest BCUT2D eigenvalue weighted by atomic mass is 10.1. The third kappa shape index (κ3) is 4.12. The van der Waals surface area contributed by atoms with E-state index in [4.69, 9.17) is 9.15 Å². The van der Waals surface area contributed by atoms with Crippen LogP contribution in [0.1, 0.15) is 35.5 Å². The summed E-state index contributed by atoms with van der Waals surface area (Å²) in [6, 6.07) is 9.81. The molecule has 1 amide bonds. The Kier molecular flexibility index (Phi) is 6.72. The number of anilines is 1. The molecule has 2 heterocycles. The van der Waals surface area contributed by atoms with Crippen molar-refractivity contribution < 1.29 is 22.4 Å². The Morgan fingerprint density at radius 2 is 1.91 bits per heavy atom. The van der Waals surface area contributed by atoms with E-state index in [1.807, 2.05) is 6.07 Å². The number of carbonyl (C=O) groups is 1. The minimum absolute atomic E-state index is 0.0229. The van der Waals surface area contributed by atoms with E-state index in [1.54, 1.807) is 49.9 Å². The van der Waals surface area contributed by atoms with Gasteiger partial charge in [0.25, 0.3) is 5.91 Å². The van der Waals surface area contributed by atoms with Crippen molar-refractivity contribution in [3.05, 3.63) is 59.6 Å². The van der Waals surface area contributed by atoms with Crippen LogP contribution in [0.15, 0.2) is 52.0 Å². The molecule has 2 aromatic heterocycles. The number of carbonyl (C=O) groups excluding carboxylic acids is 1.